The highest BCUT2D eigenvalue weighted by Gasteiger charge is 2.56. The zero-order valence-electron chi connectivity index (χ0n) is 16.9. The molecule has 1 fully saturated rings. The third kappa shape index (κ3) is 3.52. The molecule has 0 spiro atoms. The summed E-state index contributed by atoms with van der Waals surface area (Å²) in [6.45, 7) is -0.0852. The number of hydrogen-bond donors (Lipinski definition) is 1. The van der Waals surface area contributed by atoms with Crippen LogP contribution in [0.4, 0.5) is 13.2 Å². The molecule has 0 saturated carbocycles. The molecule has 2 aliphatic rings. The number of Topliss-reactive ketones (excluding diaryl/α,β-unsaturated/α-hetero) is 1. The fourth-order valence-electron chi connectivity index (χ4n) is 4.06. The number of sulfonamides is 1. The van der Waals surface area contributed by atoms with E-state index in [0.29, 0.717) is 6.07 Å². The Morgan fingerprint density at radius 2 is 2.03 bits per heavy atom. The summed E-state index contributed by atoms with van der Waals surface area (Å²) in [6.07, 6.45) is 0.406. The number of rotatable bonds is 4. The molecular formula is C20H19F3N4O4S. The van der Waals surface area contributed by atoms with Crippen LogP contribution in [0.1, 0.15) is 28.0 Å². The summed E-state index contributed by atoms with van der Waals surface area (Å²) in [6, 6.07) is 4.22. The molecule has 0 bridgehead atoms. The molecule has 0 radical (unpaired) electrons. The van der Waals surface area contributed by atoms with E-state index < -0.39 is 49.7 Å². The molecule has 2 aliphatic heterocycles. The summed E-state index contributed by atoms with van der Waals surface area (Å²) in [7, 11) is -2.69. The smallest absolute Gasteiger partial charge is 0.242 e. The summed E-state index contributed by atoms with van der Waals surface area (Å²) in [5.41, 5.74) is 3.81. The van der Waals surface area contributed by atoms with Crippen LogP contribution in [-0.4, -0.2) is 55.0 Å². The molecule has 8 nitrogen and oxygen atoms in total. The van der Waals surface area contributed by atoms with Crippen LogP contribution in [0.2, 0.25) is 0 Å². The second-order valence-electron chi connectivity index (χ2n) is 7.63. The van der Waals surface area contributed by atoms with Crippen molar-refractivity contribution < 1.29 is 31.1 Å². The molecule has 2 aromatic rings. The number of benzene rings is 1. The van der Waals surface area contributed by atoms with Gasteiger partial charge in [-0.2, -0.15) is 0 Å². The Labute approximate surface area is 182 Å². The van der Waals surface area contributed by atoms with Crippen LogP contribution >= 0.6 is 0 Å². The number of halogens is 3. The molecule has 2 N–H and O–H groups in total. The number of aromatic nitrogens is 1. The summed E-state index contributed by atoms with van der Waals surface area (Å²) in [5.74, 6) is -3.86. The van der Waals surface area contributed by atoms with Gasteiger partial charge in [0.2, 0.25) is 16.0 Å². The number of guanidine groups is 1. The van der Waals surface area contributed by atoms with Crippen LogP contribution in [0.5, 0.6) is 0 Å². The van der Waals surface area contributed by atoms with Crippen molar-refractivity contribution in [1.29, 1.82) is 0 Å². The molecule has 32 heavy (non-hydrogen) atoms. The predicted octanol–water partition coefficient (Wildman–Crippen LogP) is 1.50. The van der Waals surface area contributed by atoms with Crippen molar-refractivity contribution in [3.63, 3.8) is 0 Å². The zero-order valence-corrected chi connectivity index (χ0v) is 17.7. The van der Waals surface area contributed by atoms with Crippen molar-refractivity contribution >= 4 is 21.8 Å². The Morgan fingerprint density at radius 1 is 1.28 bits per heavy atom. The maximum Gasteiger partial charge on any atom is 0.242 e. The van der Waals surface area contributed by atoms with E-state index >= 15 is 0 Å². The summed E-state index contributed by atoms with van der Waals surface area (Å²) in [4.78, 5) is 20.3. The van der Waals surface area contributed by atoms with Gasteiger partial charge in [-0.3, -0.25) is 4.79 Å². The average molecular weight is 468 g/mol. The van der Waals surface area contributed by atoms with Gasteiger partial charge in [0.1, 0.15) is 28.1 Å². The van der Waals surface area contributed by atoms with Crippen LogP contribution in [-0.2, 0) is 26.7 Å². The van der Waals surface area contributed by atoms with E-state index in [1.54, 1.807) is 0 Å². The van der Waals surface area contributed by atoms with Crippen LogP contribution in [0, 0.1) is 17.5 Å². The Kier molecular flexibility index (Phi) is 5.45. The summed E-state index contributed by atoms with van der Waals surface area (Å²) in [5, 5.41) is -1.13. The number of ketones is 1. The maximum absolute atomic E-state index is 15.0. The Morgan fingerprint density at radius 3 is 2.75 bits per heavy atom. The predicted molar refractivity (Wildman–Crippen MR) is 108 cm³/mol. The molecule has 3 heterocycles. The van der Waals surface area contributed by atoms with Gasteiger partial charge in [0.05, 0.1) is 12.8 Å². The van der Waals surface area contributed by atoms with E-state index in [-0.39, 0.29) is 43.1 Å². The van der Waals surface area contributed by atoms with Crippen LogP contribution in [0.25, 0.3) is 0 Å². The van der Waals surface area contributed by atoms with Crippen molar-refractivity contribution in [2.75, 3.05) is 20.3 Å². The number of hydrogen-bond acceptors (Lipinski definition) is 7. The lowest BCUT2D eigenvalue weighted by Crippen LogP contribution is -2.61. The molecule has 170 valence electrons. The normalized spacial score (nSPS) is 24.6. The highest BCUT2D eigenvalue weighted by Crippen LogP contribution is 2.43. The molecule has 1 saturated heterocycles. The van der Waals surface area contributed by atoms with Gasteiger partial charge in [-0.05, 0) is 24.1 Å². The van der Waals surface area contributed by atoms with E-state index in [1.165, 1.54) is 19.2 Å². The van der Waals surface area contributed by atoms with Crippen molar-refractivity contribution in [3.8, 4) is 0 Å². The van der Waals surface area contributed by atoms with Crippen LogP contribution in [0.3, 0.4) is 0 Å². The fourth-order valence-corrected chi connectivity index (χ4v) is 5.88. The highest BCUT2D eigenvalue weighted by atomic mass is 32.2. The standard InChI is InChI=1S/C20H19F3N4O4S/c1-27-19(24)26-20(10-31-5-4-17(20)32(27,29)30)13-6-11(2-3-14(13)22)7-16(28)18-15(23)8-12(21)9-25-18/h2-3,6,8-9,17H,4-5,7,10H2,1H3,(H2,24,26)/t17?,20-/m1/s1. The van der Waals surface area contributed by atoms with Crippen molar-refractivity contribution in [2.24, 2.45) is 10.7 Å². The Hall–Kier alpha value is -2.99. The van der Waals surface area contributed by atoms with Gasteiger partial charge in [-0.15, -0.1) is 0 Å². The number of carbonyl (C=O) groups excluding carboxylic acids is 1. The minimum atomic E-state index is -3.95. The van der Waals surface area contributed by atoms with Crippen molar-refractivity contribution in [3.05, 3.63) is 64.7 Å². The number of pyridine rings is 1. The Balaban J connectivity index is 1.77. The first-order chi connectivity index (χ1) is 15.1. The molecule has 2 atom stereocenters. The first kappa shape index (κ1) is 22.2. The molecule has 12 heteroatoms. The molecule has 1 aromatic carbocycles. The largest absolute Gasteiger partial charge is 0.378 e. The zero-order chi connectivity index (χ0) is 23.3. The summed E-state index contributed by atoms with van der Waals surface area (Å²) < 4.78 is 74.3. The number of ether oxygens (including phenoxy) is 1. The average Bonchev–Trinajstić information content (AvgIpc) is 2.73. The minimum Gasteiger partial charge on any atom is -0.378 e. The van der Waals surface area contributed by atoms with E-state index in [2.05, 4.69) is 9.98 Å². The van der Waals surface area contributed by atoms with Crippen molar-refractivity contribution in [1.82, 2.24) is 9.29 Å². The van der Waals surface area contributed by atoms with Gasteiger partial charge < -0.3 is 10.5 Å². The van der Waals surface area contributed by atoms with Gasteiger partial charge in [0, 0.05) is 31.7 Å². The SMILES string of the molecule is CN1C(N)=N[C@@]2(c3cc(CC(=O)c4ncc(F)cc4F)ccc3F)COCCC2S1(=O)=O. The third-order valence-electron chi connectivity index (χ3n) is 5.69. The second kappa shape index (κ2) is 7.85. The van der Waals surface area contributed by atoms with Crippen LogP contribution < -0.4 is 5.73 Å². The highest BCUT2D eigenvalue weighted by molar-refractivity contribution is 7.90. The Bertz CT molecular complexity index is 1240. The molecule has 4 rings (SSSR count). The fraction of sp³-hybridized carbons (Fsp3) is 0.350. The van der Waals surface area contributed by atoms with Crippen LogP contribution in [0.15, 0.2) is 35.5 Å². The number of nitrogens with two attached hydrogens (primary N) is 1. The van der Waals surface area contributed by atoms with Gasteiger partial charge >= 0.3 is 0 Å². The van der Waals surface area contributed by atoms with Gasteiger partial charge in [-0.1, -0.05) is 6.07 Å². The number of carbonyl (C=O) groups is 1. The first-order valence-electron chi connectivity index (χ1n) is 9.60. The van der Waals surface area contributed by atoms with Crippen molar-refractivity contribution in [2.45, 2.75) is 23.6 Å². The molecule has 1 unspecified atom stereocenters. The van der Waals surface area contributed by atoms with Gasteiger partial charge in [-0.25, -0.2) is 35.9 Å². The molecule has 1 aromatic heterocycles. The van der Waals surface area contributed by atoms with E-state index in [4.69, 9.17) is 10.5 Å². The van der Waals surface area contributed by atoms with E-state index in [9.17, 15) is 26.4 Å². The second-order valence-corrected chi connectivity index (χ2v) is 9.78. The number of nitrogens with zero attached hydrogens (tertiary/aromatic N) is 3. The lowest BCUT2D eigenvalue weighted by molar-refractivity contribution is 0.0360. The third-order valence-corrected chi connectivity index (χ3v) is 7.99. The lowest BCUT2D eigenvalue weighted by Gasteiger charge is -2.45. The lowest BCUT2D eigenvalue weighted by atomic mass is 9.83. The molecule has 0 amide bonds. The number of aliphatic imine (C=N–C) groups is 1. The van der Waals surface area contributed by atoms with Gasteiger partial charge in [0.25, 0.3) is 0 Å². The molecular weight excluding hydrogens is 449 g/mol. The maximum atomic E-state index is 15.0. The first-order valence-corrected chi connectivity index (χ1v) is 11.1. The van der Waals surface area contributed by atoms with E-state index in [1.807, 2.05) is 0 Å². The van der Waals surface area contributed by atoms with Gasteiger partial charge in [0.15, 0.2) is 11.6 Å². The number of fused-ring (bicyclic) bond motifs is 1. The molecule has 0 aliphatic carbocycles. The minimum absolute atomic E-state index is 0.0662. The quantitative estimate of drug-likeness (QED) is 0.680. The monoisotopic (exact) mass is 468 g/mol. The van der Waals surface area contributed by atoms with E-state index in [0.717, 1.165) is 16.6 Å². The topological polar surface area (TPSA) is 115 Å². The summed E-state index contributed by atoms with van der Waals surface area (Å²) >= 11 is 0.